The van der Waals surface area contributed by atoms with Crippen molar-refractivity contribution in [1.29, 1.82) is 0 Å². The number of benzene rings is 1. The van der Waals surface area contributed by atoms with Crippen molar-refractivity contribution in [2.45, 2.75) is 12.6 Å². The summed E-state index contributed by atoms with van der Waals surface area (Å²) in [5, 5.41) is 0. The molecule has 118 valence electrons. The topological polar surface area (TPSA) is 34.6 Å². The SMILES string of the molecule is COCC(c1ccccn1)N(C)Cc1ccc(OC)c(F)c1. The molecule has 2 rings (SSSR count). The van der Waals surface area contributed by atoms with Crippen LogP contribution in [-0.2, 0) is 11.3 Å². The normalized spacial score (nSPS) is 12.4. The van der Waals surface area contributed by atoms with Crippen LogP contribution in [0, 0.1) is 5.82 Å². The van der Waals surface area contributed by atoms with Gasteiger partial charge in [-0.2, -0.15) is 0 Å². The van der Waals surface area contributed by atoms with Crippen LogP contribution >= 0.6 is 0 Å². The molecule has 1 atom stereocenters. The van der Waals surface area contributed by atoms with Crippen molar-refractivity contribution in [3.05, 3.63) is 59.7 Å². The van der Waals surface area contributed by atoms with E-state index in [1.165, 1.54) is 13.2 Å². The highest BCUT2D eigenvalue weighted by Gasteiger charge is 2.18. The van der Waals surface area contributed by atoms with Crippen LogP contribution in [-0.4, -0.2) is 37.8 Å². The van der Waals surface area contributed by atoms with E-state index in [9.17, 15) is 4.39 Å². The number of methoxy groups -OCH3 is 2. The van der Waals surface area contributed by atoms with Crippen molar-refractivity contribution in [1.82, 2.24) is 9.88 Å². The van der Waals surface area contributed by atoms with Crippen LogP contribution in [0.4, 0.5) is 4.39 Å². The fourth-order valence-corrected chi connectivity index (χ4v) is 2.38. The first kappa shape index (κ1) is 16.4. The quantitative estimate of drug-likeness (QED) is 0.787. The van der Waals surface area contributed by atoms with Crippen LogP contribution in [0.5, 0.6) is 5.75 Å². The number of halogens is 1. The molecule has 0 amide bonds. The van der Waals surface area contributed by atoms with Gasteiger partial charge in [0.2, 0.25) is 0 Å². The van der Waals surface area contributed by atoms with Gasteiger partial charge in [0.25, 0.3) is 0 Å². The molecule has 1 aromatic carbocycles. The summed E-state index contributed by atoms with van der Waals surface area (Å²) in [6.45, 7) is 1.11. The summed E-state index contributed by atoms with van der Waals surface area (Å²) < 4.78 is 24.0. The van der Waals surface area contributed by atoms with Gasteiger partial charge in [-0.15, -0.1) is 0 Å². The smallest absolute Gasteiger partial charge is 0.165 e. The average Bonchev–Trinajstić information content (AvgIpc) is 2.53. The van der Waals surface area contributed by atoms with Crippen molar-refractivity contribution in [3.8, 4) is 5.75 Å². The Labute approximate surface area is 130 Å². The molecule has 0 aliphatic heterocycles. The van der Waals surface area contributed by atoms with Crippen LogP contribution in [0.3, 0.4) is 0 Å². The van der Waals surface area contributed by atoms with Gasteiger partial charge in [0, 0.05) is 19.9 Å². The van der Waals surface area contributed by atoms with E-state index in [1.54, 1.807) is 19.4 Å². The monoisotopic (exact) mass is 304 g/mol. The van der Waals surface area contributed by atoms with Crippen molar-refractivity contribution >= 4 is 0 Å². The lowest BCUT2D eigenvalue weighted by atomic mass is 10.1. The third-order valence-electron chi connectivity index (χ3n) is 3.53. The Kier molecular flexibility index (Phi) is 5.86. The van der Waals surface area contributed by atoms with Gasteiger partial charge in [-0.1, -0.05) is 12.1 Å². The van der Waals surface area contributed by atoms with Gasteiger partial charge in [0.1, 0.15) is 0 Å². The second kappa shape index (κ2) is 7.87. The van der Waals surface area contributed by atoms with Crippen LogP contribution in [0.2, 0.25) is 0 Å². The molecule has 0 spiro atoms. The fraction of sp³-hybridized carbons (Fsp3) is 0.353. The highest BCUT2D eigenvalue weighted by molar-refractivity contribution is 5.29. The third kappa shape index (κ3) is 4.02. The summed E-state index contributed by atoms with van der Waals surface area (Å²) in [5.74, 6) is -0.0981. The number of likely N-dealkylation sites (N-methyl/N-ethyl adjacent to an activating group) is 1. The zero-order chi connectivity index (χ0) is 15.9. The second-order valence-electron chi connectivity index (χ2n) is 5.11. The van der Waals surface area contributed by atoms with Crippen molar-refractivity contribution in [3.63, 3.8) is 0 Å². The number of nitrogens with zero attached hydrogens (tertiary/aromatic N) is 2. The lowest BCUT2D eigenvalue weighted by Crippen LogP contribution is -2.28. The summed E-state index contributed by atoms with van der Waals surface area (Å²) in [6, 6.07) is 10.8. The third-order valence-corrected chi connectivity index (χ3v) is 3.53. The van der Waals surface area contributed by atoms with Crippen LogP contribution in [0.15, 0.2) is 42.6 Å². The van der Waals surface area contributed by atoms with Gasteiger partial charge in [-0.25, -0.2) is 4.39 Å². The highest BCUT2D eigenvalue weighted by Crippen LogP contribution is 2.22. The van der Waals surface area contributed by atoms with E-state index in [-0.39, 0.29) is 17.6 Å². The zero-order valence-electron chi connectivity index (χ0n) is 13.1. The van der Waals surface area contributed by atoms with E-state index in [0.29, 0.717) is 13.2 Å². The van der Waals surface area contributed by atoms with E-state index >= 15 is 0 Å². The Morgan fingerprint density at radius 1 is 1.23 bits per heavy atom. The molecule has 22 heavy (non-hydrogen) atoms. The first-order valence-corrected chi connectivity index (χ1v) is 7.08. The average molecular weight is 304 g/mol. The lowest BCUT2D eigenvalue weighted by Gasteiger charge is -2.27. The first-order valence-electron chi connectivity index (χ1n) is 7.08. The number of hydrogen-bond acceptors (Lipinski definition) is 4. The van der Waals surface area contributed by atoms with Gasteiger partial charge < -0.3 is 9.47 Å². The minimum absolute atomic E-state index is 0.0105. The van der Waals surface area contributed by atoms with Gasteiger partial charge in [-0.05, 0) is 36.9 Å². The largest absolute Gasteiger partial charge is 0.494 e. The molecule has 0 saturated carbocycles. The zero-order valence-corrected chi connectivity index (χ0v) is 13.1. The van der Waals surface area contributed by atoms with Gasteiger partial charge in [0.05, 0.1) is 25.5 Å². The molecular weight excluding hydrogens is 283 g/mol. The molecule has 0 aliphatic carbocycles. The van der Waals surface area contributed by atoms with E-state index in [1.807, 2.05) is 31.3 Å². The summed E-state index contributed by atoms with van der Waals surface area (Å²) in [7, 11) is 5.09. The fourth-order valence-electron chi connectivity index (χ4n) is 2.38. The summed E-state index contributed by atoms with van der Waals surface area (Å²) in [4.78, 5) is 6.48. The molecule has 0 N–H and O–H groups in total. The molecule has 5 heteroatoms. The molecule has 1 unspecified atom stereocenters. The van der Waals surface area contributed by atoms with Crippen LogP contribution in [0.25, 0.3) is 0 Å². The standard InChI is InChI=1S/C17H21FN2O2/c1-20(11-13-7-8-17(22-3)14(18)10-13)16(12-21-2)15-6-4-5-9-19-15/h4-10,16H,11-12H2,1-3H3. The molecule has 0 fully saturated rings. The Morgan fingerprint density at radius 2 is 2.05 bits per heavy atom. The Morgan fingerprint density at radius 3 is 2.64 bits per heavy atom. The minimum atomic E-state index is -0.352. The number of hydrogen-bond donors (Lipinski definition) is 0. The Balaban J connectivity index is 2.14. The van der Waals surface area contributed by atoms with Crippen molar-refractivity contribution in [2.24, 2.45) is 0 Å². The first-order chi connectivity index (χ1) is 10.7. The van der Waals surface area contributed by atoms with E-state index < -0.39 is 0 Å². The van der Waals surface area contributed by atoms with Crippen molar-refractivity contribution in [2.75, 3.05) is 27.9 Å². The lowest BCUT2D eigenvalue weighted by molar-refractivity contribution is 0.0999. The molecular formula is C17H21FN2O2. The number of rotatable bonds is 7. The van der Waals surface area contributed by atoms with E-state index in [0.717, 1.165) is 11.3 Å². The molecule has 0 bridgehead atoms. The molecule has 0 radical (unpaired) electrons. The molecule has 1 aromatic heterocycles. The summed E-state index contributed by atoms with van der Waals surface area (Å²) in [5.41, 5.74) is 1.80. The maximum absolute atomic E-state index is 13.8. The Hall–Kier alpha value is -1.98. The number of pyridine rings is 1. The van der Waals surface area contributed by atoms with Crippen LogP contribution in [0.1, 0.15) is 17.3 Å². The molecule has 4 nitrogen and oxygen atoms in total. The number of aromatic nitrogens is 1. The molecule has 2 aromatic rings. The van der Waals surface area contributed by atoms with E-state index in [2.05, 4.69) is 9.88 Å². The highest BCUT2D eigenvalue weighted by atomic mass is 19.1. The number of ether oxygens (including phenoxy) is 2. The minimum Gasteiger partial charge on any atom is -0.494 e. The second-order valence-corrected chi connectivity index (χ2v) is 5.11. The maximum atomic E-state index is 13.8. The molecule has 1 heterocycles. The van der Waals surface area contributed by atoms with Gasteiger partial charge in [-0.3, -0.25) is 9.88 Å². The predicted octanol–water partition coefficient (Wildman–Crippen LogP) is 3.05. The van der Waals surface area contributed by atoms with E-state index in [4.69, 9.17) is 9.47 Å². The summed E-state index contributed by atoms with van der Waals surface area (Å²) >= 11 is 0. The van der Waals surface area contributed by atoms with Gasteiger partial charge >= 0.3 is 0 Å². The molecule has 0 saturated heterocycles. The van der Waals surface area contributed by atoms with Crippen LogP contribution < -0.4 is 4.74 Å². The summed E-state index contributed by atoms with van der Waals surface area (Å²) in [6.07, 6.45) is 1.76. The molecule has 0 aliphatic rings. The maximum Gasteiger partial charge on any atom is 0.165 e. The van der Waals surface area contributed by atoms with Gasteiger partial charge in [0.15, 0.2) is 11.6 Å². The Bertz CT molecular complexity index is 592. The van der Waals surface area contributed by atoms with Crippen molar-refractivity contribution < 1.29 is 13.9 Å². The predicted molar refractivity (Wildman–Crippen MR) is 83.3 cm³/mol.